The van der Waals surface area contributed by atoms with Gasteiger partial charge in [0.15, 0.2) is 5.82 Å². The maximum atomic E-state index is 14.4. The maximum absolute atomic E-state index is 14.4. The lowest BCUT2D eigenvalue weighted by Crippen LogP contribution is -2.25. The summed E-state index contributed by atoms with van der Waals surface area (Å²) in [6.07, 6.45) is 3.56. The van der Waals surface area contributed by atoms with E-state index in [4.69, 9.17) is 0 Å². The highest BCUT2D eigenvalue weighted by atomic mass is 19.1. The van der Waals surface area contributed by atoms with Crippen LogP contribution in [0.4, 0.5) is 4.39 Å². The molecule has 7 nitrogen and oxygen atoms in total. The van der Waals surface area contributed by atoms with Gasteiger partial charge in [0.25, 0.3) is 5.91 Å². The van der Waals surface area contributed by atoms with Crippen LogP contribution in [0.15, 0.2) is 30.5 Å². The number of halogens is 1. The lowest BCUT2D eigenvalue weighted by molar-refractivity contribution is 0.0951. The van der Waals surface area contributed by atoms with Crippen LogP contribution in [0, 0.1) is 19.7 Å². The van der Waals surface area contributed by atoms with Gasteiger partial charge in [0.05, 0.1) is 5.69 Å². The van der Waals surface area contributed by atoms with Crippen molar-refractivity contribution in [2.24, 2.45) is 0 Å². The molecule has 3 aromatic rings. The van der Waals surface area contributed by atoms with E-state index in [-0.39, 0.29) is 17.6 Å². The van der Waals surface area contributed by atoms with Crippen molar-refractivity contribution in [3.63, 3.8) is 0 Å². The fourth-order valence-electron chi connectivity index (χ4n) is 2.71. The molecule has 8 heteroatoms. The van der Waals surface area contributed by atoms with E-state index in [1.807, 2.05) is 0 Å². The SMILES string of the molecule is Cc1cnc(-c2cc(C(=O)NC3CC3)cc(-n3nnnc3C)c2)c(F)c1. The Kier molecular flexibility index (Phi) is 3.95. The number of hydrogen-bond donors (Lipinski definition) is 1. The fraction of sp³-hybridized carbons (Fsp3) is 0.278. The minimum atomic E-state index is -0.441. The molecule has 1 saturated carbocycles. The number of aryl methyl sites for hydroxylation is 2. The number of nitrogens with zero attached hydrogens (tertiary/aromatic N) is 5. The molecule has 0 unspecified atom stereocenters. The van der Waals surface area contributed by atoms with E-state index < -0.39 is 5.82 Å². The molecule has 1 aromatic carbocycles. The minimum Gasteiger partial charge on any atom is -0.349 e. The molecule has 2 heterocycles. The zero-order valence-electron chi connectivity index (χ0n) is 14.4. The van der Waals surface area contributed by atoms with Crippen molar-refractivity contribution in [2.75, 3.05) is 0 Å². The van der Waals surface area contributed by atoms with E-state index >= 15 is 0 Å². The number of aromatic nitrogens is 5. The van der Waals surface area contributed by atoms with E-state index in [0.717, 1.165) is 18.4 Å². The summed E-state index contributed by atoms with van der Waals surface area (Å²) in [5.74, 6) is -0.0778. The predicted molar refractivity (Wildman–Crippen MR) is 92.3 cm³/mol. The van der Waals surface area contributed by atoms with Gasteiger partial charge in [-0.2, -0.15) is 4.68 Å². The first kappa shape index (κ1) is 16.3. The molecule has 1 aliphatic carbocycles. The van der Waals surface area contributed by atoms with Crippen LogP contribution in [-0.2, 0) is 0 Å². The monoisotopic (exact) mass is 352 g/mol. The van der Waals surface area contributed by atoms with E-state index in [0.29, 0.717) is 22.6 Å². The van der Waals surface area contributed by atoms with Gasteiger partial charge in [-0.15, -0.1) is 5.10 Å². The maximum Gasteiger partial charge on any atom is 0.251 e. The molecule has 4 rings (SSSR count). The van der Waals surface area contributed by atoms with Crippen molar-refractivity contribution in [1.82, 2.24) is 30.5 Å². The van der Waals surface area contributed by atoms with E-state index in [1.54, 1.807) is 38.2 Å². The number of carbonyl (C=O) groups excluding carboxylic acids is 1. The average Bonchev–Trinajstić information content (AvgIpc) is 3.32. The van der Waals surface area contributed by atoms with Gasteiger partial charge in [0, 0.05) is 23.4 Å². The summed E-state index contributed by atoms with van der Waals surface area (Å²) in [6.45, 7) is 3.52. The second kappa shape index (κ2) is 6.29. The predicted octanol–water partition coefficient (Wildman–Crippen LogP) is 2.37. The third-order valence-corrected chi connectivity index (χ3v) is 4.21. The molecule has 132 valence electrons. The fourth-order valence-corrected chi connectivity index (χ4v) is 2.71. The number of rotatable bonds is 4. The third kappa shape index (κ3) is 3.17. The van der Waals surface area contributed by atoms with Crippen LogP contribution >= 0.6 is 0 Å². The highest BCUT2D eigenvalue weighted by molar-refractivity contribution is 5.96. The molecular formula is C18H17FN6O. The third-order valence-electron chi connectivity index (χ3n) is 4.21. The highest BCUT2D eigenvalue weighted by Gasteiger charge is 2.24. The van der Waals surface area contributed by atoms with Crippen molar-refractivity contribution in [2.45, 2.75) is 32.7 Å². The van der Waals surface area contributed by atoms with E-state index in [9.17, 15) is 9.18 Å². The molecule has 0 atom stereocenters. The summed E-state index contributed by atoms with van der Waals surface area (Å²) < 4.78 is 15.9. The molecule has 0 radical (unpaired) electrons. The number of carbonyl (C=O) groups is 1. The first-order valence-corrected chi connectivity index (χ1v) is 8.35. The van der Waals surface area contributed by atoms with Crippen LogP contribution in [0.25, 0.3) is 16.9 Å². The molecule has 1 amide bonds. The second-order valence-electron chi connectivity index (χ2n) is 6.50. The quantitative estimate of drug-likeness (QED) is 0.779. The molecule has 2 aromatic heterocycles. The van der Waals surface area contributed by atoms with Crippen LogP contribution in [-0.4, -0.2) is 37.1 Å². The summed E-state index contributed by atoms with van der Waals surface area (Å²) in [5, 5.41) is 14.4. The van der Waals surface area contributed by atoms with Crippen LogP contribution in [0.2, 0.25) is 0 Å². The van der Waals surface area contributed by atoms with E-state index in [2.05, 4.69) is 25.8 Å². The Morgan fingerprint density at radius 1 is 1.23 bits per heavy atom. The smallest absolute Gasteiger partial charge is 0.251 e. The zero-order chi connectivity index (χ0) is 18.3. The molecule has 0 spiro atoms. The Balaban J connectivity index is 1.84. The molecule has 1 N–H and O–H groups in total. The van der Waals surface area contributed by atoms with Crippen LogP contribution in [0.1, 0.15) is 34.6 Å². The van der Waals surface area contributed by atoms with E-state index in [1.165, 1.54) is 10.7 Å². The zero-order valence-corrected chi connectivity index (χ0v) is 14.4. The summed E-state index contributed by atoms with van der Waals surface area (Å²) in [7, 11) is 0. The molecule has 0 bridgehead atoms. The average molecular weight is 352 g/mol. The van der Waals surface area contributed by atoms with Crippen molar-refractivity contribution >= 4 is 5.91 Å². The van der Waals surface area contributed by atoms with Gasteiger partial charge in [-0.3, -0.25) is 9.78 Å². The number of amides is 1. The van der Waals surface area contributed by atoms with Gasteiger partial charge in [0.2, 0.25) is 0 Å². The molecule has 1 fully saturated rings. The molecule has 26 heavy (non-hydrogen) atoms. The highest BCUT2D eigenvalue weighted by Crippen LogP contribution is 2.26. The Bertz CT molecular complexity index is 995. The topological polar surface area (TPSA) is 85.6 Å². The summed E-state index contributed by atoms with van der Waals surface area (Å²) in [5.41, 5.74) is 2.40. The van der Waals surface area contributed by atoms with Crippen molar-refractivity contribution in [3.8, 4) is 16.9 Å². The Morgan fingerprint density at radius 3 is 2.69 bits per heavy atom. The summed E-state index contributed by atoms with van der Waals surface area (Å²) in [6, 6.07) is 6.69. The van der Waals surface area contributed by atoms with Crippen molar-refractivity contribution < 1.29 is 9.18 Å². The normalized spacial score (nSPS) is 13.7. The molecule has 0 saturated heterocycles. The largest absolute Gasteiger partial charge is 0.349 e. The van der Waals surface area contributed by atoms with Crippen molar-refractivity contribution in [3.05, 3.63) is 53.2 Å². The molecular weight excluding hydrogens is 335 g/mol. The lowest BCUT2D eigenvalue weighted by atomic mass is 10.0. The van der Waals surface area contributed by atoms with Gasteiger partial charge < -0.3 is 5.32 Å². The number of hydrogen-bond acceptors (Lipinski definition) is 5. The van der Waals surface area contributed by atoms with Gasteiger partial charge in [-0.1, -0.05) is 0 Å². The number of pyridine rings is 1. The summed E-state index contributed by atoms with van der Waals surface area (Å²) in [4.78, 5) is 16.7. The van der Waals surface area contributed by atoms with Crippen molar-refractivity contribution in [1.29, 1.82) is 0 Å². The number of nitrogens with one attached hydrogen (secondary N) is 1. The van der Waals surface area contributed by atoms with Gasteiger partial charge in [0.1, 0.15) is 11.5 Å². The van der Waals surface area contributed by atoms with Gasteiger partial charge in [-0.05, 0) is 66.9 Å². The van der Waals surface area contributed by atoms with Gasteiger partial charge >= 0.3 is 0 Å². The molecule has 0 aliphatic heterocycles. The second-order valence-corrected chi connectivity index (χ2v) is 6.50. The number of benzene rings is 1. The molecule has 1 aliphatic rings. The minimum absolute atomic E-state index is 0.184. The Hall–Kier alpha value is -3.16. The lowest BCUT2D eigenvalue weighted by Gasteiger charge is -2.11. The van der Waals surface area contributed by atoms with Crippen LogP contribution < -0.4 is 5.32 Å². The number of tetrazole rings is 1. The summed E-state index contributed by atoms with van der Waals surface area (Å²) >= 11 is 0. The first-order chi connectivity index (χ1) is 12.5. The Labute approximate surface area is 149 Å². The standard InChI is InChI=1S/C18H17FN6O/c1-10-5-16(19)17(20-9-10)12-6-13(18(26)21-14-3-4-14)8-15(7-12)25-11(2)22-23-24-25/h5-9,14H,3-4H2,1-2H3,(H,21,26). The first-order valence-electron chi connectivity index (χ1n) is 8.35. The van der Waals surface area contributed by atoms with Crippen LogP contribution in [0.3, 0.4) is 0 Å². The Morgan fingerprint density at radius 2 is 2.04 bits per heavy atom. The van der Waals surface area contributed by atoms with Crippen LogP contribution in [0.5, 0.6) is 0 Å². The van der Waals surface area contributed by atoms with Gasteiger partial charge in [-0.25, -0.2) is 4.39 Å².